The van der Waals surface area contributed by atoms with Crippen molar-refractivity contribution in [2.75, 3.05) is 18.0 Å². The molecule has 0 radical (unpaired) electrons. The lowest BCUT2D eigenvalue weighted by molar-refractivity contribution is -0.384. The van der Waals surface area contributed by atoms with Crippen LogP contribution in [0.2, 0.25) is 5.02 Å². The minimum Gasteiger partial charge on any atom is -0.356 e. The number of benzene rings is 2. The van der Waals surface area contributed by atoms with Crippen LogP contribution in [0.1, 0.15) is 23.2 Å². The molecule has 3 aromatic rings. The van der Waals surface area contributed by atoms with Crippen molar-refractivity contribution < 1.29 is 9.72 Å². The van der Waals surface area contributed by atoms with Crippen LogP contribution >= 0.6 is 11.6 Å². The molecule has 1 N–H and O–H groups in total. The van der Waals surface area contributed by atoms with Crippen molar-refractivity contribution in [3.05, 3.63) is 69.5 Å². The first-order valence-electron chi connectivity index (χ1n) is 9.22. The summed E-state index contributed by atoms with van der Waals surface area (Å²) in [5.74, 6) is 0.560. The van der Waals surface area contributed by atoms with Crippen LogP contribution in [0.25, 0.3) is 10.9 Å². The molecule has 0 bridgehead atoms. The van der Waals surface area contributed by atoms with Gasteiger partial charge in [0.2, 0.25) is 0 Å². The number of piperidine rings is 1. The topological polar surface area (TPSA) is 101 Å². The second-order valence-electron chi connectivity index (χ2n) is 6.90. The number of amides is 1. The minimum atomic E-state index is -0.505. The Morgan fingerprint density at radius 1 is 1.17 bits per heavy atom. The van der Waals surface area contributed by atoms with E-state index in [0.717, 1.165) is 42.7 Å². The lowest BCUT2D eigenvalue weighted by atomic mass is 10.0. The number of non-ortho nitro benzene ring substituents is 1. The van der Waals surface area contributed by atoms with Crippen LogP contribution in [-0.4, -0.2) is 39.9 Å². The molecule has 29 heavy (non-hydrogen) atoms. The maximum atomic E-state index is 12.5. The quantitative estimate of drug-likeness (QED) is 0.520. The van der Waals surface area contributed by atoms with Crippen LogP contribution in [0.15, 0.2) is 48.8 Å². The van der Waals surface area contributed by atoms with Crippen LogP contribution in [0, 0.1) is 10.1 Å². The molecule has 2 aromatic carbocycles. The number of nitro groups is 1. The van der Waals surface area contributed by atoms with E-state index in [-0.39, 0.29) is 17.6 Å². The average molecular weight is 412 g/mol. The fourth-order valence-electron chi connectivity index (χ4n) is 3.53. The molecule has 0 spiro atoms. The Hall–Kier alpha value is -3.26. The van der Waals surface area contributed by atoms with Gasteiger partial charge in [-0.05, 0) is 37.1 Å². The predicted octanol–water partition coefficient (Wildman–Crippen LogP) is 3.59. The number of hydrogen-bond acceptors (Lipinski definition) is 6. The highest BCUT2D eigenvalue weighted by Gasteiger charge is 2.23. The van der Waals surface area contributed by atoms with Gasteiger partial charge >= 0.3 is 0 Å². The van der Waals surface area contributed by atoms with Gasteiger partial charge < -0.3 is 10.2 Å². The summed E-state index contributed by atoms with van der Waals surface area (Å²) in [4.78, 5) is 33.8. The summed E-state index contributed by atoms with van der Waals surface area (Å²) in [5, 5.41) is 15.4. The van der Waals surface area contributed by atoms with Gasteiger partial charge in [0.25, 0.3) is 11.6 Å². The first-order valence-corrected chi connectivity index (χ1v) is 9.59. The molecule has 4 rings (SSSR count). The molecule has 1 fully saturated rings. The van der Waals surface area contributed by atoms with Crippen molar-refractivity contribution in [1.82, 2.24) is 15.3 Å². The summed E-state index contributed by atoms with van der Waals surface area (Å²) >= 11 is 6.05. The fourth-order valence-corrected chi connectivity index (χ4v) is 3.70. The summed E-state index contributed by atoms with van der Waals surface area (Å²) in [6.07, 6.45) is 3.03. The van der Waals surface area contributed by atoms with Crippen LogP contribution < -0.4 is 10.2 Å². The summed E-state index contributed by atoms with van der Waals surface area (Å²) in [6.45, 7) is 1.46. The monoisotopic (exact) mass is 411 g/mol. The van der Waals surface area contributed by atoms with E-state index in [9.17, 15) is 14.9 Å². The highest BCUT2D eigenvalue weighted by molar-refractivity contribution is 6.31. The molecule has 1 aliphatic rings. The third kappa shape index (κ3) is 4.12. The number of fused-ring (bicyclic) bond motifs is 1. The summed E-state index contributed by atoms with van der Waals surface area (Å²) in [5.41, 5.74) is 0.993. The summed E-state index contributed by atoms with van der Waals surface area (Å²) in [7, 11) is 0. The maximum absolute atomic E-state index is 12.5. The number of nitro benzene ring substituents is 1. The van der Waals surface area contributed by atoms with Crippen molar-refractivity contribution >= 4 is 39.9 Å². The Bertz CT molecular complexity index is 1080. The van der Waals surface area contributed by atoms with Gasteiger partial charge in [-0.3, -0.25) is 14.9 Å². The number of halogens is 1. The smallest absolute Gasteiger partial charge is 0.270 e. The van der Waals surface area contributed by atoms with Crippen molar-refractivity contribution in [3.63, 3.8) is 0 Å². The number of nitrogens with one attached hydrogen (secondary N) is 1. The molecule has 0 saturated carbocycles. The number of carbonyl (C=O) groups excluding carboxylic acids is 1. The number of nitrogens with zero attached hydrogens (tertiary/aromatic N) is 4. The maximum Gasteiger partial charge on any atom is 0.270 e. The first kappa shape index (κ1) is 19.1. The zero-order valence-electron chi connectivity index (χ0n) is 15.4. The lowest BCUT2D eigenvalue weighted by Gasteiger charge is -2.33. The van der Waals surface area contributed by atoms with E-state index < -0.39 is 4.92 Å². The van der Waals surface area contributed by atoms with Crippen LogP contribution in [0.5, 0.6) is 0 Å². The van der Waals surface area contributed by atoms with E-state index in [2.05, 4.69) is 20.2 Å². The van der Waals surface area contributed by atoms with Gasteiger partial charge in [-0.2, -0.15) is 0 Å². The van der Waals surface area contributed by atoms with Gasteiger partial charge in [-0.1, -0.05) is 17.7 Å². The zero-order chi connectivity index (χ0) is 20.4. The average Bonchev–Trinajstić information content (AvgIpc) is 2.73. The molecule has 2 heterocycles. The van der Waals surface area contributed by atoms with Gasteiger partial charge in [0.1, 0.15) is 12.1 Å². The molecule has 148 valence electrons. The fraction of sp³-hybridized carbons (Fsp3) is 0.250. The second kappa shape index (κ2) is 8.00. The number of anilines is 1. The standard InChI is InChI=1S/C20H18ClN5O3/c21-14-4-5-17-18(11-14)22-12-23-19(17)25-8-6-15(7-9-25)24-20(27)13-2-1-3-16(10-13)26(28)29/h1-5,10-12,15H,6-9H2,(H,24,27). The molecule has 1 aromatic heterocycles. The van der Waals surface area contributed by atoms with Crippen molar-refractivity contribution in [2.24, 2.45) is 0 Å². The Balaban J connectivity index is 1.42. The van der Waals surface area contributed by atoms with Crippen molar-refractivity contribution in [1.29, 1.82) is 0 Å². The van der Waals surface area contributed by atoms with Gasteiger partial charge in [-0.15, -0.1) is 0 Å². The van der Waals surface area contributed by atoms with E-state index in [4.69, 9.17) is 11.6 Å². The van der Waals surface area contributed by atoms with Crippen LogP contribution in [0.3, 0.4) is 0 Å². The molecule has 8 nitrogen and oxygen atoms in total. The highest BCUT2D eigenvalue weighted by atomic mass is 35.5. The largest absolute Gasteiger partial charge is 0.356 e. The molecule has 0 aliphatic carbocycles. The summed E-state index contributed by atoms with van der Waals surface area (Å²) < 4.78 is 0. The molecular formula is C20H18ClN5O3. The third-order valence-corrected chi connectivity index (χ3v) is 5.26. The van der Waals surface area contributed by atoms with Gasteiger partial charge in [0.15, 0.2) is 0 Å². The van der Waals surface area contributed by atoms with E-state index in [1.165, 1.54) is 24.5 Å². The molecule has 1 amide bonds. The zero-order valence-corrected chi connectivity index (χ0v) is 16.2. The van der Waals surface area contributed by atoms with Gasteiger partial charge in [-0.25, -0.2) is 9.97 Å². The molecule has 0 unspecified atom stereocenters. The molecule has 9 heteroatoms. The molecular weight excluding hydrogens is 394 g/mol. The molecule has 1 saturated heterocycles. The SMILES string of the molecule is O=C(NC1CCN(c2ncnc3cc(Cl)ccc23)CC1)c1cccc([N+](=O)[O-])c1. The van der Waals surface area contributed by atoms with Crippen molar-refractivity contribution in [2.45, 2.75) is 18.9 Å². The van der Waals surface area contributed by atoms with E-state index >= 15 is 0 Å². The van der Waals surface area contributed by atoms with Crippen molar-refractivity contribution in [3.8, 4) is 0 Å². The predicted molar refractivity (Wildman–Crippen MR) is 110 cm³/mol. The Labute approximate surface area is 171 Å². The highest BCUT2D eigenvalue weighted by Crippen LogP contribution is 2.27. The molecule has 0 atom stereocenters. The second-order valence-corrected chi connectivity index (χ2v) is 7.34. The number of aromatic nitrogens is 2. The van der Waals surface area contributed by atoms with E-state index in [1.807, 2.05) is 18.2 Å². The summed E-state index contributed by atoms with van der Waals surface area (Å²) in [6, 6.07) is 11.3. The number of rotatable bonds is 4. The van der Waals surface area contributed by atoms with Crippen LogP contribution in [0.4, 0.5) is 11.5 Å². The third-order valence-electron chi connectivity index (χ3n) is 5.03. The first-order chi connectivity index (χ1) is 14.0. The Kier molecular flexibility index (Phi) is 5.26. The minimum absolute atomic E-state index is 0.000517. The van der Waals surface area contributed by atoms with Gasteiger partial charge in [0.05, 0.1) is 10.4 Å². The number of carbonyl (C=O) groups is 1. The Morgan fingerprint density at radius 3 is 2.72 bits per heavy atom. The van der Waals surface area contributed by atoms with Crippen LogP contribution in [-0.2, 0) is 0 Å². The number of hydrogen-bond donors (Lipinski definition) is 1. The normalized spacial score (nSPS) is 14.7. The Morgan fingerprint density at radius 2 is 1.97 bits per heavy atom. The lowest BCUT2D eigenvalue weighted by Crippen LogP contribution is -2.45. The van der Waals surface area contributed by atoms with E-state index in [1.54, 1.807) is 6.07 Å². The van der Waals surface area contributed by atoms with Gasteiger partial charge in [0, 0.05) is 47.2 Å². The van der Waals surface area contributed by atoms with E-state index in [0.29, 0.717) is 10.6 Å². The molecule has 1 aliphatic heterocycles.